The van der Waals surface area contributed by atoms with E-state index in [1.165, 1.54) is 0 Å². The van der Waals surface area contributed by atoms with Gasteiger partial charge in [-0.1, -0.05) is 155 Å². The van der Waals surface area contributed by atoms with Gasteiger partial charge in [0.05, 0.1) is 6.61 Å². The van der Waals surface area contributed by atoms with E-state index in [2.05, 4.69) is 110 Å². The van der Waals surface area contributed by atoms with Crippen molar-refractivity contribution in [3.8, 4) is 0 Å². The summed E-state index contributed by atoms with van der Waals surface area (Å²) in [5, 5.41) is 0. The summed E-state index contributed by atoms with van der Waals surface area (Å²) in [5.41, 5.74) is 0. The van der Waals surface area contributed by atoms with Crippen LogP contribution in [0.5, 0.6) is 0 Å². The van der Waals surface area contributed by atoms with Crippen molar-refractivity contribution in [1.29, 1.82) is 0 Å². The number of carbonyl (C=O) groups excluding carboxylic acids is 2. The number of ether oxygens (including phenoxy) is 2. The minimum absolute atomic E-state index is 0.168. The van der Waals surface area contributed by atoms with Crippen LogP contribution in [0, 0.1) is 0 Å². The highest BCUT2D eigenvalue weighted by atomic mass is 31.2. The fraction of sp³-hybridized carbons (Fsp3) is 0.511. The molecule has 54 heavy (non-hydrogen) atoms. The molecule has 0 aromatic rings. The molecule has 0 spiro atoms. The van der Waals surface area contributed by atoms with Gasteiger partial charge in [0, 0.05) is 12.8 Å². The van der Waals surface area contributed by atoms with Gasteiger partial charge in [0.15, 0.2) is 6.10 Å². The van der Waals surface area contributed by atoms with Crippen LogP contribution in [0.25, 0.3) is 0 Å². The van der Waals surface area contributed by atoms with Gasteiger partial charge in [-0.25, -0.2) is 4.57 Å². The third-order valence-electron chi connectivity index (χ3n) is 7.54. The van der Waals surface area contributed by atoms with Crippen LogP contribution in [0.15, 0.2) is 122 Å². The van der Waals surface area contributed by atoms with E-state index in [0.717, 1.165) is 83.5 Å². The van der Waals surface area contributed by atoms with Crippen LogP contribution in [0.2, 0.25) is 0 Å². The quantitative estimate of drug-likeness (QED) is 0.0218. The van der Waals surface area contributed by atoms with E-state index >= 15 is 0 Å². The summed E-state index contributed by atoms with van der Waals surface area (Å²) < 4.78 is 26.3. The van der Waals surface area contributed by atoms with E-state index in [4.69, 9.17) is 19.3 Å². The van der Waals surface area contributed by atoms with Gasteiger partial charge in [-0.2, -0.15) is 0 Å². The number of phosphoric acid groups is 1. The van der Waals surface area contributed by atoms with E-state index in [1.54, 1.807) is 0 Å². The molecule has 2 N–H and O–H groups in total. The number of unbranched alkanes of at least 4 members (excludes halogenated alkanes) is 6. The van der Waals surface area contributed by atoms with Crippen LogP contribution in [-0.4, -0.2) is 41.0 Å². The van der Waals surface area contributed by atoms with Gasteiger partial charge in [0.1, 0.15) is 6.61 Å². The first-order chi connectivity index (χ1) is 26.3. The van der Waals surface area contributed by atoms with E-state index in [1.807, 2.05) is 30.4 Å². The lowest BCUT2D eigenvalue weighted by atomic mass is 10.1. The molecule has 0 aliphatic carbocycles. The summed E-state index contributed by atoms with van der Waals surface area (Å²) in [5.74, 6) is -0.994. The summed E-state index contributed by atoms with van der Waals surface area (Å²) in [6, 6.07) is 0. The largest absolute Gasteiger partial charge is 0.469 e. The van der Waals surface area contributed by atoms with E-state index in [9.17, 15) is 14.2 Å². The molecular weight excluding hydrogens is 699 g/mol. The molecule has 0 aliphatic rings. The minimum Gasteiger partial charge on any atom is -0.462 e. The lowest BCUT2D eigenvalue weighted by Crippen LogP contribution is -2.29. The highest BCUT2D eigenvalue weighted by Gasteiger charge is 2.22. The molecule has 0 aromatic heterocycles. The molecule has 1 atom stereocenters. The number of esters is 2. The van der Waals surface area contributed by atoms with E-state index in [-0.39, 0.29) is 19.4 Å². The Morgan fingerprint density at radius 1 is 0.500 bits per heavy atom. The molecule has 0 aromatic carbocycles. The van der Waals surface area contributed by atoms with Crippen molar-refractivity contribution in [3.05, 3.63) is 122 Å². The minimum atomic E-state index is -4.78. The number of allylic oxidation sites excluding steroid dienone is 20. The maximum atomic E-state index is 12.4. The van der Waals surface area contributed by atoms with Crippen LogP contribution >= 0.6 is 7.82 Å². The Kier molecular flexibility index (Phi) is 36.6. The fourth-order valence-electron chi connectivity index (χ4n) is 4.65. The Morgan fingerprint density at radius 3 is 1.48 bits per heavy atom. The summed E-state index contributed by atoms with van der Waals surface area (Å²) in [6.07, 6.45) is 56.4. The van der Waals surface area contributed by atoms with Gasteiger partial charge in [0.25, 0.3) is 0 Å². The fourth-order valence-corrected chi connectivity index (χ4v) is 5.01. The summed E-state index contributed by atoms with van der Waals surface area (Å²) in [6.45, 7) is 3.34. The molecule has 0 saturated carbocycles. The molecule has 0 amide bonds. The van der Waals surface area contributed by atoms with Crippen LogP contribution in [0.1, 0.15) is 129 Å². The summed E-state index contributed by atoms with van der Waals surface area (Å²) in [4.78, 5) is 42.7. The molecular formula is C45H69O8P. The van der Waals surface area contributed by atoms with Crippen LogP contribution in [0.4, 0.5) is 0 Å². The Labute approximate surface area is 327 Å². The Balaban J connectivity index is 4.11. The SMILES string of the molecule is CC/C=C/C=C/C=C/CCCCCCCC(=O)OC(COC(=O)CCC/C=C/C/C=C/C/C=C/C/C=C/C/C=C/C/C=C/C/C=C/CC)COP(=O)(O)O. The van der Waals surface area contributed by atoms with Crippen molar-refractivity contribution in [2.75, 3.05) is 13.2 Å². The lowest BCUT2D eigenvalue weighted by molar-refractivity contribution is -0.161. The first kappa shape index (κ1) is 50.5. The van der Waals surface area contributed by atoms with E-state index < -0.39 is 32.5 Å². The number of hydrogen-bond donors (Lipinski definition) is 2. The van der Waals surface area contributed by atoms with Gasteiger partial charge in [0.2, 0.25) is 0 Å². The zero-order valence-corrected chi connectivity index (χ0v) is 34.0. The van der Waals surface area contributed by atoms with Crippen molar-refractivity contribution in [2.24, 2.45) is 0 Å². The van der Waals surface area contributed by atoms with Crippen LogP contribution in [0.3, 0.4) is 0 Å². The monoisotopic (exact) mass is 768 g/mol. The normalized spacial score (nSPS) is 13.8. The third-order valence-corrected chi connectivity index (χ3v) is 8.02. The van der Waals surface area contributed by atoms with Gasteiger partial charge < -0.3 is 19.3 Å². The highest BCUT2D eigenvalue weighted by Crippen LogP contribution is 2.36. The predicted molar refractivity (Wildman–Crippen MR) is 225 cm³/mol. The second kappa shape index (κ2) is 39.2. The standard InChI is InChI=1S/C45H69O8P/c1-3-5-7-9-11-13-15-17-18-19-20-21-22-23-24-25-26-28-29-31-33-35-37-39-44(46)51-41-43(42-52-54(48,49)50)53-45(47)40-38-36-34-32-30-27-16-14-12-10-8-6-4-2/h5-8,10-14,16-18,20-21,23-24,26,28,31,33,43H,3-4,9,15,19,22,25,27,29-30,32,34-42H2,1-2H3,(H2,48,49,50)/b7-5+,8-6+,12-10+,13-11+,16-14+,18-17+,21-20+,24-23+,28-26+,33-31+. The number of carbonyl (C=O) groups is 2. The Bertz CT molecular complexity index is 1280. The van der Waals surface area contributed by atoms with Gasteiger partial charge in [-0.3, -0.25) is 14.1 Å². The maximum absolute atomic E-state index is 12.4. The molecule has 0 saturated heterocycles. The van der Waals surface area contributed by atoms with Crippen molar-refractivity contribution >= 4 is 19.8 Å². The van der Waals surface area contributed by atoms with Crippen LogP contribution in [-0.2, 0) is 28.2 Å². The number of hydrogen-bond acceptors (Lipinski definition) is 6. The topological polar surface area (TPSA) is 119 Å². The van der Waals surface area contributed by atoms with Crippen molar-refractivity contribution in [3.63, 3.8) is 0 Å². The van der Waals surface area contributed by atoms with Crippen molar-refractivity contribution in [1.82, 2.24) is 0 Å². The first-order valence-corrected chi connectivity index (χ1v) is 21.4. The highest BCUT2D eigenvalue weighted by molar-refractivity contribution is 7.46. The third kappa shape index (κ3) is 41.2. The second-order valence-corrected chi connectivity index (χ2v) is 13.8. The number of rotatable bonds is 34. The summed E-state index contributed by atoms with van der Waals surface area (Å²) in [7, 11) is -4.78. The molecule has 0 fully saturated rings. The average molecular weight is 769 g/mol. The zero-order valence-electron chi connectivity index (χ0n) is 33.1. The average Bonchev–Trinajstić information content (AvgIpc) is 3.14. The van der Waals surface area contributed by atoms with Gasteiger partial charge in [-0.05, 0) is 83.5 Å². The summed E-state index contributed by atoms with van der Waals surface area (Å²) >= 11 is 0. The Morgan fingerprint density at radius 2 is 0.944 bits per heavy atom. The Hall–Kier alpha value is -3.55. The van der Waals surface area contributed by atoms with Crippen molar-refractivity contribution < 1.29 is 37.9 Å². The molecule has 302 valence electrons. The maximum Gasteiger partial charge on any atom is 0.469 e. The molecule has 0 bridgehead atoms. The predicted octanol–water partition coefficient (Wildman–Crippen LogP) is 12.2. The van der Waals surface area contributed by atoms with Gasteiger partial charge in [-0.15, -0.1) is 0 Å². The molecule has 9 heteroatoms. The molecule has 1 unspecified atom stereocenters. The molecule has 0 rings (SSSR count). The van der Waals surface area contributed by atoms with Gasteiger partial charge >= 0.3 is 19.8 Å². The second-order valence-electron chi connectivity index (χ2n) is 12.6. The molecule has 0 aliphatic heterocycles. The molecule has 0 radical (unpaired) electrons. The van der Waals surface area contributed by atoms with Crippen molar-refractivity contribution in [2.45, 2.75) is 136 Å². The smallest absolute Gasteiger partial charge is 0.462 e. The lowest BCUT2D eigenvalue weighted by Gasteiger charge is -2.18. The zero-order chi connectivity index (χ0) is 39.6. The number of phosphoric ester groups is 1. The molecule has 8 nitrogen and oxygen atoms in total. The van der Waals surface area contributed by atoms with Crippen LogP contribution < -0.4 is 0 Å². The molecule has 0 heterocycles. The first-order valence-electron chi connectivity index (χ1n) is 19.9. The van der Waals surface area contributed by atoms with E-state index in [0.29, 0.717) is 19.3 Å².